The van der Waals surface area contributed by atoms with Crippen LogP contribution in [0.4, 0.5) is 21.5 Å². The van der Waals surface area contributed by atoms with Crippen molar-refractivity contribution in [3.63, 3.8) is 0 Å². The van der Waals surface area contributed by atoms with E-state index >= 15 is 0 Å². The molecule has 1 saturated heterocycles. The highest BCUT2D eigenvalue weighted by Gasteiger charge is 2.21. The number of rotatable bonds is 5. The van der Waals surface area contributed by atoms with Gasteiger partial charge in [0.25, 0.3) is 0 Å². The van der Waals surface area contributed by atoms with E-state index in [1.54, 1.807) is 11.8 Å². The highest BCUT2D eigenvalue weighted by atomic mass is 19.1. The van der Waals surface area contributed by atoms with Crippen LogP contribution in [0.2, 0.25) is 0 Å². The van der Waals surface area contributed by atoms with Gasteiger partial charge in [-0.25, -0.2) is 4.39 Å². The van der Waals surface area contributed by atoms with Crippen molar-refractivity contribution in [1.29, 1.82) is 0 Å². The molecule has 1 heterocycles. The minimum Gasteiger partial charge on any atom is -0.374 e. The summed E-state index contributed by atoms with van der Waals surface area (Å²) in [6.45, 7) is 2.50. The molecule has 0 aliphatic carbocycles. The van der Waals surface area contributed by atoms with Crippen LogP contribution in [0.5, 0.6) is 0 Å². The lowest BCUT2D eigenvalue weighted by molar-refractivity contribution is -0.117. The second-order valence-corrected chi connectivity index (χ2v) is 6.06. The number of amides is 2. The third-order valence-corrected chi connectivity index (χ3v) is 4.14. The lowest BCUT2D eigenvalue weighted by Gasteiger charge is -2.18. The molecule has 2 amide bonds. The van der Waals surface area contributed by atoms with Crippen LogP contribution in [0.1, 0.15) is 19.8 Å². The normalized spacial score (nSPS) is 15.1. The largest absolute Gasteiger partial charge is 0.374 e. The summed E-state index contributed by atoms with van der Waals surface area (Å²) in [7, 11) is 0. The van der Waals surface area contributed by atoms with Gasteiger partial charge < -0.3 is 15.5 Å². The van der Waals surface area contributed by atoms with E-state index < -0.39 is 6.04 Å². The van der Waals surface area contributed by atoms with E-state index in [9.17, 15) is 14.0 Å². The zero-order chi connectivity index (χ0) is 17.8. The van der Waals surface area contributed by atoms with Gasteiger partial charge in [0.15, 0.2) is 0 Å². The molecule has 2 aromatic rings. The maximum absolute atomic E-state index is 12.9. The number of benzene rings is 2. The van der Waals surface area contributed by atoms with Gasteiger partial charge in [-0.05, 0) is 61.9 Å². The molecule has 1 aliphatic rings. The molecule has 3 rings (SSSR count). The Morgan fingerprint density at radius 1 is 1.08 bits per heavy atom. The van der Waals surface area contributed by atoms with Gasteiger partial charge in [0.1, 0.15) is 11.9 Å². The van der Waals surface area contributed by atoms with E-state index in [4.69, 9.17) is 0 Å². The van der Waals surface area contributed by atoms with E-state index in [0.717, 1.165) is 24.3 Å². The number of nitrogens with zero attached hydrogens (tertiary/aromatic N) is 1. The summed E-state index contributed by atoms with van der Waals surface area (Å²) in [5.41, 5.74) is 2.21. The Hall–Kier alpha value is -2.89. The maximum Gasteiger partial charge on any atom is 0.246 e. The first kappa shape index (κ1) is 17.0. The average Bonchev–Trinajstić information content (AvgIpc) is 3.03. The number of anilines is 3. The molecule has 1 fully saturated rings. The van der Waals surface area contributed by atoms with Crippen molar-refractivity contribution in [2.24, 2.45) is 0 Å². The average molecular weight is 341 g/mol. The van der Waals surface area contributed by atoms with Crippen molar-refractivity contribution >= 4 is 28.9 Å². The number of carbonyl (C=O) groups excluding carboxylic acids is 2. The topological polar surface area (TPSA) is 61.4 Å². The lowest BCUT2D eigenvalue weighted by atomic mass is 10.2. The van der Waals surface area contributed by atoms with E-state index in [1.807, 2.05) is 24.3 Å². The first-order valence-electron chi connectivity index (χ1n) is 8.26. The number of hydrogen-bond acceptors (Lipinski definition) is 3. The van der Waals surface area contributed by atoms with E-state index in [-0.39, 0.29) is 17.6 Å². The predicted octanol–water partition coefficient (Wildman–Crippen LogP) is 3.39. The molecule has 1 atom stereocenters. The highest BCUT2D eigenvalue weighted by Crippen LogP contribution is 2.23. The van der Waals surface area contributed by atoms with Crippen molar-refractivity contribution in [3.8, 4) is 0 Å². The molecule has 0 aromatic heterocycles. The van der Waals surface area contributed by atoms with Crippen LogP contribution in [0.25, 0.3) is 0 Å². The second kappa shape index (κ2) is 7.34. The van der Waals surface area contributed by atoms with Crippen molar-refractivity contribution < 1.29 is 14.0 Å². The molecule has 1 aliphatic heterocycles. The molecule has 6 heteroatoms. The smallest absolute Gasteiger partial charge is 0.246 e. The number of nitrogens with one attached hydrogen (secondary N) is 2. The molecule has 2 aromatic carbocycles. The minimum atomic E-state index is -0.468. The molecule has 130 valence electrons. The summed E-state index contributed by atoms with van der Waals surface area (Å²) in [4.78, 5) is 25.7. The zero-order valence-corrected chi connectivity index (χ0v) is 14.0. The number of hydrogen-bond donors (Lipinski definition) is 2. The third kappa shape index (κ3) is 4.15. The van der Waals surface area contributed by atoms with Crippen molar-refractivity contribution in [2.75, 3.05) is 22.1 Å². The highest BCUT2D eigenvalue weighted by molar-refractivity contribution is 5.97. The van der Waals surface area contributed by atoms with Gasteiger partial charge in [-0.1, -0.05) is 0 Å². The molecule has 0 spiro atoms. The van der Waals surface area contributed by atoms with Gasteiger partial charge >= 0.3 is 0 Å². The van der Waals surface area contributed by atoms with Gasteiger partial charge in [-0.2, -0.15) is 0 Å². The Kier molecular flexibility index (Phi) is 4.97. The first-order valence-corrected chi connectivity index (χ1v) is 8.26. The summed E-state index contributed by atoms with van der Waals surface area (Å²) in [5, 5.41) is 5.84. The predicted molar refractivity (Wildman–Crippen MR) is 96.1 cm³/mol. The Labute approximate surface area is 145 Å². The van der Waals surface area contributed by atoms with Gasteiger partial charge in [0.05, 0.1) is 0 Å². The molecule has 25 heavy (non-hydrogen) atoms. The molecule has 5 nitrogen and oxygen atoms in total. The number of halogens is 1. The van der Waals surface area contributed by atoms with Crippen LogP contribution < -0.4 is 15.5 Å². The minimum absolute atomic E-state index is 0.146. The summed E-state index contributed by atoms with van der Waals surface area (Å²) in [6.07, 6.45) is 1.49. The van der Waals surface area contributed by atoms with Crippen molar-refractivity contribution in [1.82, 2.24) is 0 Å². The fraction of sp³-hybridized carbons (Fsp3) is 0.263. The zero-order valence-electron chi connectivity index (χ0n) is 14.0. The molecule has 0 radical (unpaired) electrons. The monoisotopic (exact) mass is 341 g/mol. The maximum atomic E-state index is 12.9. The van der Waals surface area contributed by atoms with E-state index in [2.05, 4.69) is 10.6 Å². The quantitative estimate of drug-likeness (QED) is 0.876. The SMILES string of the molecule is C[C@H](Nc1ccc(N2CCCC2=O)cc1)C(=O)Nc1ccc(F)cc1. The van der Waals surface area contributed by atoms with Gasteiger partial charge in [0.2, 0.25) is 11.8 Å². The molecular weight excluding hydrogens is 321 g/mol. The molecule has 0 unspecified atom stereocenters. The Bertz CT molecular complexity index is 759. The Balaban J connectivity index is 1.58. The van der Waals surface area contributed by atoms with Crippen LogP contribution in [-0.4, -0.2) is 24.4 Å². The van der Waals surface area contributed by atoms with Gasteiger partial charge in [-0.15, -0.1) is 0 Å². The molecule has 0 bridgehead atoms. The van der Waals surface area contributed by atoms with Crippen LogP contribution in [0.15, 0.2) is 48.5 Å². The Morgan fingerprint density at radius 2 is 1.72 bits per heavy atom. The fourth-order valence-corrected chi connectivity index (χ4v) is 2.76. The lowest BCUT2D eigenvalue weighted by Crippen LogP contribution is -2.31. The second-order valence-electron chi connectivity index (χ2n) is 6.06. The summed E-state index contributed by atoms with van der Waals surface area (Å²) in [6, 6.07) is 12.6. The van der Waals surface area contributed by atoms with Crippen LogP contribution in [0.3, 0.4) is 0 Å². The Morgan fingerprint density at radius 3 is 2.32 bits per heavy atom. The van der Waals surface area contributed by atoms with E-state index in [0.29, 0.717) is 12.1 Å². The van der Waals surface area contributed by atoms with Gasteiger partial charge in [-0.3, -0.25) is 9.59 Å². The van der Waals surface area contributed by atoms with Crippen LogP contribution in [-0.2, 0) is 9.59 Å². The summed E-state index contributed by atoms with van der Waals surface area (Å²) < 4.78 is 12.9. The van der Waals surface area contributed by atoms with Crippen LogP contribution in [0, 0.1) is 5.82 Å². The van der Waals surface area contributed by atoms with Crippen LogP contribution >= 0.6 is 0 Å². The summed E-state index contributed by atoms with van der Waals surface area (Å²) in [5.74, 6) is -0.418. The number of carbonyl (C=O) groups is 2. The van der Waals surface area contributed by atoms with E-state index in [1.165, 1.54) is 24.3 Å². The van der Waals surface area contributed by atoms with Gasteiger partial charge in [0, 0.05) is 30.0 Å². The fourth-order valence-electron chi connectivity index (χ4n) is 2.76. The molecule has 0 saturated carbocycles. The molecular formula is C19H20FN3O2. The first-order chi connectivity index (χ1) is 12.0. The van der Waals surface area contributed by atoms with Crippen molar-refractivity contribution in [2.45, 2.75) is 25.8 Å². The summed E-state index contributed by atoms with van der Waals surface area (Å²) >= 11 is 0. The third-order valence-electron chi connectivity index (χ3n) is 4.14. The standard InChI is InChI=1S/C19H20FN3O2/c1-13(19(25)22-16-6-4-14(20)5-7-16)21-15-8-10-17(11-9-15)23-12-2-3-18(23)24/h4-11,13,21H,2-3,12H2,1H3,(H,22,25)/t13-/m0/s1. The van der Waals surface area contributed by atoms with Crippen molar-refractivity contribution in [3.05, 3.63) is 54.3 Å². The molecule has 2 N–H and O–H groups in total.